The Morgan fingerprint density at radius 3 is 2.58 bits per heavy atom. The summed E-state index contributed by atoms with van der Waals surface area (Å²) in [5, 5.41) is 18.4. The Morgan fingerprint density at radius 1 is 1.15 bits per heavy atom. The molecule has 1 amide bonds. The van der Waals surface area contributed by atoms with Crippen molar-refractivity contribution in [2.75, 3.05) is 31.1 Å². The van der Waals surface area contributed by atoms with Crippen LogP contribution in [0.1, 0.15) is 15.9 Å². The van der Waals surface area contributed by atoms with Crippen LogP contribution < -0.4 is 4.90 Å². The maximum Gasteiger partial charge on any atom is 0.253 e. The minimum absolute atomic E-state index is 0.00967. The Labute approximate surface area is 155 Å². The molecule has 3 aromatic rings. The normalized spacial score (nSPS) is 14.3. The Morgan fingerprint density at radius 2 is 1.92 bits per heavy atom. The first kappa shape index (κ1) is 16.4. The summed E-state index contributed by atoms with van der Waals surface area (Å²) in [6.45, 7) is 2.80. The quantitative estimate of drug-likeness (QED) is 0.776. The Kier molecular flexibility index (Phi) is 4.42. The SMILES string of the molecule is N#Cc1ccc(C(=O)N2CCN(c3cc(-c4cccs4)[nH]n3)CC2)cc1. The average Bonchev–Trinajstić information content (AvgIpc) is 3.39. The van der Waals surface area contributed by atoms with Crippen LogP contribution in [0.5, 0.6) is 0 Å². The van der Waals surface area contributed by atoms with Crippen LogP contribution in [0, 0.1) is 11.3 Å². The van der Waals surface area contributed by atoms with Gasteiger partial charge in [-0.3, -0.25) is 9.89 Å². The van der Waals surface area contributed by atoms with Gasteiger partial charge in [0, 0.05) is 37.8 Å². The number of thiophene rings is 1. The molecule has 130 valence electrons. The van der Waals surface area contributed by atoms with Crippen molar-refractivity contribution in [3.63, 3.8) is 0 Å². The number of hydrogen-bond donors (Lipinski definition) is 1. The van der Waals surface area contributed by atoms with Gasteiger partial charge in [-0.1, -0.05) is 6.07 Å². The van der Waals surface area contributed by atoms with E-state index in [-0.39, 0.29) is 5.91 Å². The van der Waals surface area contributed by atoms with E-state index in [0.717, 1.165) is 24.6 Å². The summed E-state index contributed by atoms with van der Waals surface area (Å²) in [6, 6.07) is 15.0. The van der Waals surface area contributed by atoms with Crippen LogP contribution in [0.4, 0.5) is 5.82 Å². The molecule has 26 heavy (non-hydrogen) atoms. The predicted molar refractivity (Wildman–Crippen MR) is 101 cm³/mol. The summed E-state index contributed by atoms with van der Waals surface area (Å²) < 4.78 is 0. The number of nitrogens with zero attached hydrogens (tertiary/aromatic N) is 4. The highest BCUT2D eigenvalue weighted by Crippen LogP contribution is 2.26. The molecule has 0 bridgehead atoms. The van der Waals surface area contributed by atoms with Crippen molar-refractivity contribution in [1.29, 1.82) is 5.26 Å². The standard InChI is InChI=1S/C19H17N5OS/c20-13-14-3-5-15(6-4-14)19(25)24-9-7-23(8-10-24)18-12-16(21-22-18)17-2-1-11-26-17/h1-6,11-12H,7-10H2,(H,21,22). The number of H-pyrrole nitrogens is 1. The van der Waals surface area contributed by atoms with Gasteiger partial charge in [0.25, 0.3) is 5.91 Å². The first-order valence-corrected chi connectivity index (χ1v) is 9.26. The van der Waals surface area contributed by atoms with Gasteiger partial charge in [-0.2, -0.15) is 10.4 Å². The summed E-state index contributed by atoms with van der Waals surface area (Å²) in [4.78, 5) is 17.8. The zero-order chi connectivity index (χ0) is 17.9. The summed E-state index contributed by atoms with van der Waals surface area (Å²) >= 11 is 1.68. The van der Waals surface area contributed by atoms with Gasteiger partial charge >= 0.3 is 0 Å². The molecule has 1 aromatic carbocycles. The molecular weight excluding hydrogens is 346 g/mol. The van der Waals surface area contributed by atoms with Crippen molar-refractivity contribution in [3.05, 3.63) is 59.0 Å². The summed E-state index contributed by atoms with van der Waals surface area (Å²) in [5.41, 5.74) is 2.20. The minimum atomic E-state index is 0.00967. The second-order valence-corrected chi connectivity index (χ2v) is 7.03. The topological polar surface area (TPSA) is 76.0 Å². The number of piperazine rings is 1. The maximum atomic E-state index is 12.6. The van der Waals surface area contributed by atoms with Gasteiger partial charge in [0.15, 0.2) is 5.82 Å². The molecule has 0 unspecified atom stereocenters. The van der Waals surface area contributed by atoms with Crippen LogP contribution in [-0.4, -0.2) is 47.2 Å². The van der Waals surface area contributed by atoms with Crippen LogP contribution in [0.15, 0.2) is 47.8 Å². The molecule has 7 heteroatoms. The smallest absolute Gasteiger partial charge is 0.253 e. The van der Waals surface area contributed by atoms with Gasteiger partial charge in [0.2, 0.25) is 0 Å². The number of carbonyl (C=O) groups excluding carboxylic acids is 1. The fourth-order valence-corrected chi connectivity index (χ4v) is 3.73. The van der Waals surface area contributed by atoms with Crippen molar-refractivity contribution in [3.8, 4) is 16.6 Å². The summed E-state index contributed by atoms with van der Waals surface area (Å²) in [5.74, 6) is 0.925. The molecule has 3 heterocycles. The third kappa shape index (κ3) is 3.19. The summed E-state index contributed by atoms with van der Waals surface area (Å²) in [7, 11) is 0. The number of carbonyl (C=O) groups is 1. The van der Waals surface area contributed by atoms with E-state index in [2.05, 4.69) is 33.3 Å². The van der Waals surface area contributed by atoms with Crippen molar-refractivity contribution in [1.82, 2.24) is 15.1 Å². The molecule has 1 fully saturated rings. The van der Waals surface area contributed by atoms with Gasteiger partial charge in [0.05, 0.1) is 22.2 Å². The third-order valence-electron chi connectivity index (χ3n) is 4.50. The zero-order valence-electron chi connectivity index (χ0n) is 14.1. The number of nitriles is 1. The second-order valence-electron chi connectivity index (χ2n) is 6.09. The highest BCUT2D eigenvalue weighted by molar-refractivity contribution is 7.13. The van der Waals surface area contributed by atoms with Gasteiger partial charge in [-0.25, -0.2) is 0 Å². The zero-order valence-corrected chi connectivity index (χ0v) is 14.9. The molecule has 2 aromatic heterocycles. The predicted octanol–water partition coefficient (Wildman–Crippen LogP) is 2.97. The Balaban J connectivity index is 1.39. The van der Waals surface area contributed by atoms with Gasteiger partial charge in [-0.05, 0) is 35.7 Å². The largest absolute Gasteiger partial charge is 0.352 e. The van der Waals surface area contributed by atoms with Gasteiger partial charge in [0.1, 0.15) is 0 Å². The number of anilines is 1. The molecule has 1 aliphatic heterocycles. The van der Waals surface area contributed by atoms with E-state index in [1.165, 1.54) is 4.88 Å². The van der Waals surface area contributed by atoms with Crippen molar-refractivity contribution >= 4 is 23.1 Å². The summed E-state index contributed by atoms with van der Waals surface area (Å²) in [6.07, 6.45) is 0. The lowest BCUT2D eigenvalue weighted by Gasteiger charge is -2.34. The minimum Gasteiger partial charge on any atom is -0.352 e. The fraction of sp³-hybridized carbons (Fsp3) is 0.211. The molecule has 0 saturated carbocycles. The first-order valence-electron chi connectivity index (χ1n) is 8.38. The van der Waals surface area contributed by atoms with Gasteiger partial charge < -0.3 is 9.80 Å². The van der Waals surface area contributed by atoms with Crippen LogP contribution in [0.2, 0.25) is 0 Å². The second kappa shape index (κ2) is 7.02. The van der Waals surface area contributed by atoms with Crippen LogP contribution in [-0.2, 0) is 0 Å². The number of nitrogens with one attached hydrogen (secondary N) is 1. The van der Waals surface area contributed by atoms with Crippen molar-refractivity contribution in [2.24, 2.45) is 0 Å². The Hall–Kier alpha value is -3.11. The van der Waals surface area contributed by atoms with E-state index in [0.29, 0.717) is 24.2 Å². The van der Waals surface area contributed by atoms with E-state index in [1.54, 1.807) is 35.6 Å². The molecule has 0 radical (unpaired) electrons. The number of amides is 1. The van der Waals surface area contributed by atoms with Crippen molar-refractivity contribution in [2.45, 2.75) is 0 Å². The number of aromatic nitrogens is 2. The average molecular weight is 363 g/mol. The van der Waals surface area contributed by atoms with Crippen LogP contribution in [0.25, 0.3) is 10.6 Å². The van der Waals surface area contributed by atoms with Gasteiger partial charge in [-0.15, -0.1) is 11.3 Å². The lowest BCUT2D eigenvalue weighted by Crippen LogP contribution is -2.48. The van der Waals surface area contributed by atoms with E-state index >= 15 is 0 Å². The van der Waals surface area contributed by atoms with E-state index in [1.807, 2.05) is 16.3 Å². The van der Waals surface area contributed by atoms with Crippen LogP contribution >= 0.6 is 11.3 Å². The van der Waals surface area contributed by atoms with E-state index < -0.39 is 0 Å². The lowest BCUT2D eigenvalue weighted by atomic mass is 10.1. The third-order valence-corrected chi connectivity index (χ3v) is 5.41. The fourth-order valence-electron chi connectivity index (χ4n) is 3.04. The number of hydrogen-bond acceptors (Lipinski definition) is 5. The first-order chi connectivity index (χ1) is 12.7. The number of rotatable bonds is 3. The highest BCUT2D eigenvalue weighted by Gasteiger charge is 2.23. The number of aromatic amines is 1. The molecule has 0 aliphatic carbocycles. The van der Waals surface area contributed by atoms with Crippen LogP contribution in [0.3, 0.4) is 0 Å². The molecule has 1 N–H and O–H groups in total. The monoisotopic (exact) mass is 363 g/mol. The molecule has 6 nitrogen and oxygen atoms in total. The van der Waals surface area contributed by atoms with E-state index in [9.17, 15) is 4.79 Å². The Bertz CT molecular complexity index is 931. The van der Waals surface area contributed by atoms with E-state index in [4.69, 9.17) is 5.26 Å². The maximum absolute atomic E-state index is 12.6. The highest BCUT2D eigenvalue weighted by atomic mass is 32.1. The van der Waals surface area contributed by atoms with Crippen molar-refractivity contribution < 1.29 is 4.79 Å². The molecule has 0 atom stereocenters. The molecule has 1 aliphatic rings. The lowest BCUT2D eigenvalue weighted by molar-refractivity contribution is 0.0746. The number of benzene rings is 1. The molecular formula is C19H17N5OS. The molecule has 1 saturated heterocycles. The molecule has 4 rings (SSSR count). The molecule has 0 spiro atoms.